The molecule has 1 spiro atoms. The van der Waals surface area contributed by atoms with Gasteiger partial charge >= 0.3 is 0 Å². The molecule has 0 bridgehead atoms. The van der Waals surface area contributed by atoms with Crippen LogP contribution in [0.1, 0.15) is 60.9 Å². The van der Waals surface area contributed by atoms with E-state index in [1.807, 2.05) is 11.8 Å². The molecule has 4 aromatic rings. The van der Waals surface area contributed by atoms with Crippen LogP contribution in [-0.4, -0.2) is 95.7 Å². The zero-order valence-corrected chi connectivity index (χ0v) is 26.8. The maximum Gasteiger partial charge on any atom is 0.276 e. The van der Waals surface area contributed by atoms with E-state index in [9.17, 15) is 19.5 Å². The second-order valence-electron chi connectivity index (χ2n) is 12.7. The number of carbonyl (C=O) groups is 2. The Morgan fingerprint density at radius 3 is 2.55 bits per heavy atom. The number of anilines is 1. The molecule has 7 rings (SSSR count). The number of nitrogens with one attached hydrogen (secondary N) is 1. The molecular formula is C32H38N10O5. The number of fused-ring (bicyclic) bond motifs is 1. The van der Waals surface area contributed by atoms with Gasteiger partial charge in [-0.15, -0.1) is 15.0 Å². The Morgan fingerprint density at radius 2 is 1.87 bits per heavy atom. The molecule has 0 radical (unpaired) electrons. The normalized spacial score (nSPS) is 17.4. The van der Waals surface area contributed by atoms with Gasteiger partial charge in [-0.25, -0.2) is 15.0 Å². The summed E-state index contributed by atoms with van der Waals surface area (Å²) in [7, 11) is 1.51. The van der Waals surface area contributed by atoms with E-state index < -0.39 is 5.91 Å². The van der Waals surface area contributed by atoms with Crippen LogP contribution in [0.5, 0.6) is 11.6 Å². The Kier molecular flexibility index (Phi) is 7.76. The number of piperazine rings is 1. The van der Waals surface area contributed by atoms with Crippen molar-refractivity contribution in [1.29, 1.82) is 0 Å². The molecule has 15 heteroatoms. The lowest BCUT2D eigenvalue weighted by molar-refractivity contribution is -0.125. The zero-order chi connectivity index (χ0) is 32.9. The molecule has 15 nitrogen and oxygen atoms in total. The maximum absolute atomic E-state index is 14.2. The minimum absolute atomic E-state index is 0.0143. The molecule has 5 heterocycles. The number of methoxy groups -OCH3 is 1. The summed E-state index contributed by atoms with van der Waals surface area (Å²) in [6.45, 7) is 4.86. The predicted molar refractivity (Wildman–Crippen MR) is 171 cm³/mol. The van der Waals surface area contributed by atoms with Crippen LogP contribution < -0.4 is 20.4 Å². The standard InChI is InChI=1S/C32H38N10O5/c1-4-22-27(39-10-12-40(13-11-39)31(46)26-28(44)19(2)34-18-35-26)29(45)25-30(38-42(37-25)21-6-9-33-24(14-21)47-3)41(22)17-23(43)36-20-15-32(16-20)7-5-8-32/h6,9,14,18,20,44H,4-5,7-8,10-13,15-17H2,1-3H3,(H,36,43). The topological polar surface area (TPSA) is 173 Å². The zero-order valence-electron chi connectivity index (χ0n) is 26.8. The summed E-state index contributed by atoms with van der Waals surface area (Å²) in [5.74, 6) is -0.399. The highest BCUT2D eigenvalue weighted by Gasteiger charge is 2.48. The van der Waals surface area contributed by atoms with Gasteiger partial charge in [0.1, 0.15) is 18.6 Å². The molecule has 0 atom stereocenters. The largest absolute Gasteiger partial charge is 0.504 e. The molecule has 2 amide bonds. The van der Waals surface area contributed by atoms with Crippen molar-refractivity contribution in [1.82, 2.24) is 44.7 Å². The highest BCUT2D eigenvalue weighted by molar-refractivity contribution is 5.95. The van der Waals surface area contributed by atoms with E-state index in [0.717, 1.165) is 12.8 Å². The molecule has 246 valence electrons. The molecule has 3 fully saturated rings. The van der Waals surface area contributed by atoms with Gasteiger partial charge in [-0.1, -0.05) is 13.3 Å². The van der Waals surface area contributed by atoms with Crippen molar-refractivity contribution < 1.29 is 19.4 Å². The molecule has 1 saturated heterocycles. The number of carbonyl (C=O) groups excluding carboxylic acids is 2. The lowest BCUT2D eigenvalue weighted by atomic mass is 9.54. The molecule has 1 aliphatic heterocycles. The van der Waals surface area contributed by atoms with Crippen molar-refractivity contribution in [3.05, 3.63) is 52.0 Å². The van der Waals surface area contributed by atoms with Crippen LogP contribution >= 0.6 is 0 Å². The predicted octanol–water partition coefficient (Wildman–Crippen LogP) is 1.76. The van der Waals surface area contributed by atoms with Gasteiger partial charge in [0.25, 0.3) is 5.91 Å². The van der Waals surface area contributed by atoms with Crippen LogP contribution in [0.15, 0.2) is 29.5 Å². The number of rotatable bonds is 8. The van der Waals surface area contributed by atoms with Crippen molar-refractivity contribution in [2.75, 3.05) is 38.2 Å². The number of hydrogen-bond donors (Lipinski definition) is 2. The van der Waals surface area contributed by atoms with E-state index in [2.05, 4.69) is 25.4 Å². The van der Waals surface area contributed by atoms with E-state index in [-0.39, 0.29) is 40.9 Å². The van der Waals surface area contributed by atoms with Crippen molar-refractivity contribution in [2.24, 2.45) is 5.41 Å². The monoisotopic (exact) mass is 642 g/mol. The summed E-state index contributed by atoms with van der Waals surface area (Å²) in [6, 6.07) is 3.54. The van der Waals surface area contributed by atoms with E-state index in [0.29, 0.717) is 72.3 Å². The smallest absolute Gasteiger partial charge is 0.276 e. The van der Waals surface area contributed by atoms with Crippen molar-refractivity contribution >= 4 is 28.7 Å². The Morgan fingerprint density at radius 1 is 1.11 bits per heavy atom. The maximum atomic E-state index is 14.2. The molecule has 0 unspecified atom stereocenters. The van der Waals surface area contributed by atoms with Gasteiger partial charge in [0.15, 0.2) is 22.6 Å². The van der Waals surface area contributed by atoms with Gasteiger partial charge in [0.05, 0.1) is 18.5 Å². The molecule has 47 heavy (non-hydrogen) atoms. The van der Waals surface area contributed by atoms with E-state index in [4.69, 9.17) is 9.84 Å². The Labute approximate surface area is 270 Å². The van der Waals surface area contributed by atoms with Crippen molar-refractivity contribution in [3.8, 4) is 17.3 Å². The average molecular weight is 643 g/mol. The van der Waals surface area contributed by atoms with Gasteiger partial charge in [-0.2, -0.15) is 0 Å². The van der Waals surface area contributed by atoms with Crippen LogP contribution in [0.2, 0.25) is 0 Å². The van der Waals surface area contributed by atoms with Crippen LogP contribution in [0.4, 0.5) is 5.69 Å². The van der Waals surface area contributed by atoms with Gasteiger partial charge in [0, 0.05) is 50.2 Å². The number of aromatic hydroxyl groups is 1. The minimum atomic E-state index is -0.400. The van der Waals surface area contributed by atoms with Gasteiger partial charge in [-0.05, 0) is 50.5 Å². The Balaban J connectivity index is 1.22. The van der Waals surface area contributed by atoms with Crippen LogP contribution in [0.25, 0.3) is 16.9 Å². The lowest BCUT2D eigenvalue weighted by Gasteiger charge is -2.54. The van der Waals surface area contributed by atoms with Gasteiger partial charge < -0.3 is 29.5 Å². The van der Waals surface area contributed by atoms with Gasteiger partial charge in [0.2, 0.25) is 17.2 Å². The summed E-state index contributed by atoms with van der Waals surface area (Å²) in [5.41, 5.74) is 2.52. The van der Waals surface area contributed by atoms with E-state index in [1.165, 1.54) is 37.5 Å². The Bertz CT molecular complexity index is 1920. The first-order valence-corrected chi connectivity index (χ1v) is 16.1. The number of nitrogens with zero attached hydrogens (tertiary/aromatic N) is 9. The number of aromatic nitrogens is 7. The van der Waals surface area contributed by atoms with Crippen LogP contribution in [0, 0.1) is 12.3 Å². The second kappa shape index (κ2) is 11.9. The number of pyridine rings is 2. The average Bonchev–Trinajstić information content (AvgIpc) is 3.50. The fourth-order valence-electron chi connectivity index (χ4n) is 7.23. The van der Waals surface area contributed by atoms with Crippen LogP contribution in [0.3, 0.4) is 0 Å². The van der Waals surface area contributed by atoms with Gasteiger partial charge in [-0.3, -0.25) is 14.4 Å². The number of aryl methyl sites for hydroxylation is 1. The summed E-state index contributed by atoms with van der Waals surface area (Å²) >= 11 is 0. The minimum Gasteiger partial charge on any atom is -0.504 e. The lowest BCUT2D eigenvalue weighted by Crippen LogP contribution is -2.54. The first-order chi connectivity index (χ1) is 22.7. The SMILES string of the molecule is CCc1c(N2CCN(C(=O)c3ncnc(C)c3O)CC2)c(=O)c2nn(-c3ccnc(OC)c3)nc2n1CC(=O)NC1CC2(CCC2)C1. The summed E-state index contributed by atoms with van der Waals surface area (Å²) in [6.07, 6.45) is 9.06. The summed E-state index contributed by atoms with van der Waals surface area (Å²) in [5, 5.41) is 22.9. The number of amides is 2. The third-order valence-electron chi connectivity index (χ3n) is 9.91. The number of hydrogen-bond acceptors (Lipinski definition) is 11. The molecule has 0 aromatic carbocycles. The molecule has 3 aliphatic rings. The van der Waals surface area contributed by atoms with Crippen molar-refractivity contribution in [3.63, 3.8) is 0 Å². The summed E-state index contributed by atoms with van der Waals surface area (Å²) < 4.78 is 7.08. The third kappa shape index (κ3) is 5.42. The first-order valence-electron chi connectivity index (χ1n) is 16.1. The molecule has 2 aliphatic carbocycles. The summed E-state index contributed by atoms with van der Waals surface area (Å²) in [4.78, 5) is 58.0. The number of ether oxygens (including phenoxy) is 1. The van der Waals surface area contributed by atoms with Crippen LogP contribution in [-0.2, 0) is 17.8 Å². The van der Waals surface area contributed by atoms with E-state index in [1.54, 1.807) is 34.7 Å². The molecule has 4 aromatic heterocycles. The second-order valence-corrected chi connectivity index (χ2v) is 12.7. The molecule has 2 N–H and O–H groups in total. The fraction of sp³-hybridized carbons (Fsp3) is 0.500. The third-order valence-corrected chi connectivity index (χ3v) is 9.91. The quantitative estimate of drug-likeness (QED) is 0.287. The fourth-order valence-corrected chi connectivity index (χ4v) is 7.23. The molecular weight excluding hydrogens is 604 g/mol. The van der Waals surface area contributed by atoms with E-state index >= 15 is 0 Å². The molecule has 2 saturated carbocycles. The highest BCUT2D eigenvalue weighted by Crippen LogP contribution is 2.55. The van der Waals surface area contributed by atoms with Crippen molar-refractivity contribution in [2.45, 2.75) is 65.0 Å². The Hall–Kier alpha value is -5.08. The highest BCUT2D eigenvalue weighted by atomic mass is 16.5. The first kappa shape index (κ1) is 30.6.